The molecule has 1 heterocycles. The Bertz CT molecular complexity index is 1260. The lowest BCUT2D eigenvalue weighted by atomic mass is 9.87. The molecule has 3 heteroatoms. The molecule has 0 fully saturated rings. The minimum absolute atomic E-state index is 0.103. The van der Waals surface area contributed by atoms with E-state index in [0.717, 1.165) is 17.3 Å². The summed E-state index contributed by atoms with van der Waals surface area (Å²) in [5.74, 6) is 0. The maximum absolute atomic E-state index is 3.93. The van der Waals surface area contributed by atoms with Gasteiger partial charge in [0, 0.05) is 36.0 Å². The molecule has 0 spiro atoms. The van der Waals surface area contributed by atoms with E-state index in [-0.39, 0.29) is 5.41 Å². The standard InChI is InChI=1S/C30H36BrNS/c1-6-8-12-20-16-26-24-14-10-11-15-27(24)33-29(26)25(13-9-7-2)28(20)32-23-18-21(30(3,4)5)17-22(31)19-23/h10-11,14-19,32H,6-9,12-13H2,1-5H3. The molecule has 1 nitrogen and oxygen atoms in total. The number of nitrogens with one attached hydrogen (secondary N) is 1. The minimum Gasteiger partial charge on any atom is -0.355 e. The van der Waals surface area contributed by atoms with Crippen LogP contribution in [0.15, 0.2) is 53.0 Å². The number of fused-ring (bicyclic) bond motifs is 3. The highest BCUT2D eigenvalue weighted by atomic mass is 79.9. The number of thiophene rings is 1. The first-order valence-corrected chi connectivity index (χ1v) is 14.0. The van der Waals surface area contributed by atoms with Crippen LogP contribution in [0.4, 0.5) is 11.4 Å². The Morgan fingerprint density at radius 3 is 2.33 bits per heavy atom. The maximum Gasteiger partial charge on any atom is 0.0463 e. The maximum atomic E-state index is 3.93. The normalized spacial score (nSPS) is 12.1. The second-order valence-electron chi connectivity index (χ2n) is 10.2. The van der Waals surface area contributed by atoms with Gasteiger partial charge < -0.3 is 5.32 Å². The zero-order valence-corrected chi connectivity index (χ0v) is 23.1. The first kappa shape index (κ1) is 24.3. The molecule has 1 aromatic heterocycles. The van der Waals surface area contributed by atoms with E-state index in [0.29, 0.717) is 0 Å². The van der Waals surface area contributed by atoms with E-state index in [4.69, 9.17) is 0 Å². The van der Waals surface area contributed by atoms with Gasteiger partial charge in [0.1, 0.15) is 0 Å². The van der Waals surface area contributed by atoms with Crippen molar-refractivity contribution in [3.05, 3.63) is 69.7 Å². The second kappa shape index (κ2) is 10.2. The average Bonchev–Trinajstić information content (AvgIpc) is 3.14. The summed E-state index contributed by atoms with van der Waals surface area (Å²) < 4.78 is 3.98. The first-order chi connectivity index (χ1) is 15.8. The van der Waals surface area contributed by atoms with Crippen molar-refractivity contribution < 1.29 is 0 Å². The molecular weight excluding hydrogens is 486 g/mol. The molecule has 0 aliphatic heterocycles. The SMILES string of the molecule is CCCCc1cc2c(sc3ccccc32)c(CCCC)c1Nc1cc(Br)cc(C(C)(C)C)c1. The third kappa shape index (κ3) is 5.30. The first-order valence-electron chi connectivity index (χ1n) is 12.4. The molecule has 0 aliphatic carbocycles. The summed E-state index contributed by atoms with van der Waals surface area (Å²) in [5, 5.41) is 6.76. The fourth-order valence-electron chi connectivity index (χ4n) is 4.54. The van der Waals surface area contributed by atoms with Crippen LogP contribution in [0, 0.1) is 0 Å². The van der Waals surface area contributed by atoms with Crippen LogP contribution in [0.5, 0.6) is 0 Å². The van der Waals surface area contributed by atoms with Crippen LogP contribution in [0.3, 0.4) is 0 Å². The van der Waals surface area contributed by atoms with Crippen molar-refractivity contribution in [2.24, 2.45) is 0 Å². The third-order valence-electron chi connectivity index (χ3n) is 6.46. The van der Waals surface area contributed by atoms with Crippen LogP contribution in [-0.2, 0) is 18.3 Å². The van der Waals surface area contributed by atoms with Crippen molar-refractivity contribution in [3.63, 3.8) is 0 Å². The van der Waals surface area contributed by atoms with Gasteiger partial charge in [-0.3, -0.25) is 0 Å². The Labute approximate surface area is 211 Å². The van der Waals surface area contributed by atoms with Gasteiger partial charge in [-0.2, -0.15) is 0 Å². The minimum atomic E-state index is 0.103. The molecule has 33 heavy (non-hydrogen) atoms. The van der Waals surface area contributed by atoms with Crippen LogP contribution < -0.4 is 5.32 Å². The Balaban J connectivity index is 1.93. The number of hydrogen-bond acceptors (Lipinski definition) is 2. The van der Waals surface area contributed by atoms with E-state index in [1.54, 1.807) is 0 Å². The van der Waals surface area contributed by atoms with Crippen molar-refractivity contribution in [2.75, 3.05) is 5.32 Å². The lowest BCUT2D eigenvalue weighted by molar-refractivity contribution is 0.590. The molecular formula is C30H36BrNS. The largest absolute Gasteiger partial charge is 0.355 e. The van der Waals surface area contributed by atoms with E-state index in [1.807, 2.05) is 11.3 Å². The van der Waals surface area contributed by atoms with Crippen LogP contribution in [0.2, 0.25) is 0 Å². The van der Waals surface area contributed by atoms with Crippen LogP contribution in [-0.4, -0.2) is 0 Å². The van der Waals surface area contributed by atoms with Gasteiger partial charge in [-0.25, -0.2) is 0 Å². The molecule has 0 amide bonds. The molecule has 1 N–H and O–H groups in total. The van der Waals surface area contributed by atoms with Gasteiger partial charge in [-0.15, -0.1) is 11.3 Å². The Morgan fingerprint density at radius 2 is 1.61 bits per heavy atom. The Kier molecular flexibility index (Phi) is 7.50. The summed E-state index contributed by atoms with van der Waals surface area (Å²) >= 11 is 5.72. The van der Waals surface area contributed by atoms with Gasteiger partial charge >= 0.3 is 0 Å². The van der Waals surface area contributed by atoms with Gasteiger partial charge in [0.15, 0.2) is 0 Å². The molecule has 0 atom stereocenters. The highest BCUT2D eigenvalue weighted by molar-refractivity contribution is 9.10. The number of anilines is 2. The van der Waals surface area contributed by atoms with E-state index in [9.17, 15) is 0 Å². The van der Waals surface area contributed by atoms with Crippen molar-refractivity contribution in [2.45, 2.75) is 78.6 Å². The zero-order valence-electron chi connectivity index (χ0n) is 20.6. The number of benzene rings is 3. The van der Waals surface area contributed by atoms with Crippen molar-refractivity contribution in [1.82, 2.24) is 0 Å². The Morgan fingerprint density at radius 1 is 0.879 bits per heavy atom. The molecule has 0 unspecified atom stereocenters. The van der Waals surface area contributed by atoms with Crippen molar-refractivity contribution in [3.8, 4) is 0 Å². The van der Waals surface area contributed by atoms with Gasteiger partial charge in [0.2, 0.25) is 0 Å². The smallest absolute Gasteiger partial charge is 0.0463 e. The number of aryl methyl sites for hydroxylation is 2. The average molecular weight is 523 g/mol. The van der Waals surface area contributed by atoms with Crippen LogP contribution in [0.1, 0.15) is 77.0 Å². The predicted octanol–water partition coefficient (Wildman–Crippen LogP) is 10.5. The number of hydrogen-bond donors (Lipinski definition) is 1. The van der Waals surface area contributed by atoms with Gasteiger partial charge in [-0.1, -0.05) is 81.6 Å². The Hall–Kier alpha value is -1.84. The second-order valence-corrected chi connectivity index (χ2v) is 12.1. The number of unbranched alkanes of at least 4 members (excludes halogenated alkanes) is 2. The summed E-state index contributed by atoms with van der Waals surface area (Å²) in [6.45, 7) is 11.4. The lowest BCUT2D eigenvalue weighted by Gasteiger charge is -2.23. The van der Waals surface area contributed by atoms with Crippen molar-refractivity contribution >= 4 is 58.8 Å². The van der Waals surface area contributed by atoms with E-state index in [2.05, 4.69) is 104 Å². The summed E-state index contributed by atoms with van der Waals surface area (Å²) in [6, 6.07) is 18.2. The monoisotopic (exact) mass is 521 g/mol. The highest BCUT2D eigenvalue weighted by Crippen LogP contribution is 2.43. The fraction of sp³-hybridized carbons (Fsp3) is 0.400. The molecule has 4 rings (SSSR count). The molecule has 174 valence electrons. The summed E-state index contributed by atoms with van der Waals surface area (Å²) in [7, 11) is 0. The summed E-state index contributed by atoms with van der Waals surface area (Å²) in [4.78, 5) is 0. The molecule has 0 aliphatic rings. The zero-order chi connectivity index (χ0) is 23.6. The van der Waals surface area contributed by atoms with E-state index >= 15 is 0 Å². The highest BCUT2D eigenvalue weighted by Gasteiger charge is 2.19. The van der Waals surface area contributed by atoms with Gasteiger partial charge in [0.05, 0.1) is 0 Å². The lowest BCUT2D eigenvalue weighted by Crippen LogP contribution is -2.11. The molecule has 3 aromatic carbocycles. The van der Waals surface area contributed by atoms with Gasteiger partial charge in [0.25, 0.3) is 0 Å². The van der Waals surface area contributed by atoms with Gasteiger partial charge in [-0.05, 0) is 78.1 Å². The third-order valence-corrected chi connectivity index (χ3v) is 8.17. The summed E-state index contributed by atoms with van der Waals surface area (Å²) in [5.41, 5.74) is 6.91. The summed E-state index contributed by atoms with van der Waals surface area (Å²) in [6.07, 6.45) is 7.05. The van der Waals surface area contributed by atoms with E-state index < -0.39 is 0 Å². The topological polar surface area (TPSA) is 12.0 Å². The predicted molar refractivity (Wildman–Crippen MR) is 153 cm³/mol. The molecule has 0 saturated heterocycles. The van der Waals surface area contributed by atoms with Crippen molar-refractivity contribution in [1.29, 1.82) is 0 Å². The molecule has 0 saturated carbocycles. The molecule has 4 aromatic rings. The fourth-order valence-corrected chi connectivity index (χ4v) is 6.29. The van der Waals surface area contributed by atoms with E-state index in [1.165, 1.54) is 73.9 Å². The quantitative estimate of drug-likeness (QED) is 0.243. The molecule has 0 bridgehead atoms. The number of halogens is 1. The van der Waals surface area contributed by atoms with Crippen LogP contribution in [0.25, 0.3) is 20.2 Å². The molecule has 0 radical (unpaired) electrons. The van der Waals surface area contributed by atoms with Crippen LogP contribution >= 0.6 is 27.3 Å². The number of rotatable bonds is 8.